The van der Waals surface area contributed by atoms with Crippen LogP contribution in [0.3, 0.4) is 0 Å². The Hall–Kier alpha value is -4.20. The summed E-state index contributed by atoms with van der Waals surface area (Å²) in [5.41, 5.74) is 0.734. The summed E-state index contributed by atoms with van der Waals surface area (Å²) in [6.07, 6.45) is 13.0. The molecule has 0 aliphatic heterocycles. The van der Waals surface area contributed by atoms with E-state index in [2.05, 4.69) is 47.5 Å². The number of nitrogens with one attached hydrogen (secondary N) is 2. The average Bonchev–Trinajstić information content (AvgIpc) is 3.69. The summed E-state index contributed by atoms with van der Waals surface area (Å²) in [4.78, 5) is 26.8. The van der Waals surface area contributed by atoms with E-state index >= 15 is 0 Å². The number of hydrogen-bond donors (Lipinski definition) is 2. The van der Waals surface area contributed by atoms with Gasteiger partial charge < -0.3 is 10.6 Å². The smallest absolute Gasteiger partial charge is 0.268 e. The van der Waals surface area contributed by atoms with Crippen LogP contribution in [0.25, 0.3) is 0 Å². The van der Waals surface area contributed by atoms with Crippen LogP contribution in [-0.4, -0.2) is 20.9 Å². The molecule has 2 N–H and O–H groups in total. The Kier molecular flexibility index (Phi) is 10.2. The molecule has 228 valence electrons. The third-order valence-electron chi connectivity index (χ3n) is 9.05. The Labute approximate surface area is 256 Å². The molecule has 0 aliphatic carbocycles. The number of carbonyl (C=O) groups excluding carboxylic acids is 2. The minimum absolute atomic E-state index is 0.00649. The van der Waals surface area contributed by atoms with E-state index in [-0.39, 0.29) is 23.7 Å². The molecule has 0 saturated carbocycles. The van der Waals surface area contributed by atoms with E-state index in [9.17, 15) is 9.59 Å². The zero-order valence-corrected chi connectivity index (χ0v) is 26.5. The molecule has 2 amide bonds. The van der Waals surface area contributed by atoms with Crippen molar-refractivity contribution in [3.63, 3.8) is 0 Å². The first-order chi connectivity index (χ1) is 20.5. The van der Waals surface area contributed by atoms with Gasteiger partial charge in [-0.05, 0) is 25.0 Å². The van der Waals surface area contributed by atoms with E-state index in [4.69, 9.17) is 0 Å². The maximum Gasteiger partial charge on any atom is 0.268 e. The zero-order chi connectivity index (χ0) is 31.0. The Morgan fingerprint density at radius 1 is 0.674 bits per heavy atom. The Bertz CT molecular complexity index is 1360. The van der Waals surface area contributed by atoms with E-state index in [1.807, 2.05) is 121 Å². The third kappa shape index (κ3) is 7.24. The number of hydrogen-bond acceptors (Lipinski definition) is 2. The van der Waals surface area contributed by atoms with Gasteiger partial charge in [0.15, 0.2) is 11.1 Å². The molecular weight excluding hydrogens is 536 g/mol. The van der Waals surface area contributed by atoms with E-state index in [0.717, 1.165) is 30.6 Å². The number of benzene rings is 2. The van der Waals surface area contributed by atoms with Gasteiger partial charge in [-0.3, -0.25) is 9.59 Å². The molecule has 2 aromatic carbocycles. The second-order valence-electron chi connectivity index (χ2n) is 12.4. The summed E-state index contributed by atoms with van der Waals surface area (Å²) in [6.45, 7) is 15.0. The van der Waals surface area contributed by atoms with E-state index in [1.54, 1.807) is 0 Å². The monoisotopic (exact) mass is 584 g/mol. The molecule has 2 aromatic heterocycles. The third-order valence-corrected chi connectivity index (χ3v) is 9.05. The van der Waals surface area contributed by atoms with Crippen LogP contribution in [0, 0.1) is 11.8 Å². The van der Waals surface area contributed by atoms with Crippen LogP contribution in [0.1, 0.15) is 59.1 Å². The zero-order valence-electron chi connectivity index (χ0n) is 26.5. The second-order valence-corrected chi connectivity index (χ2v) is 12.4. The highest BCUT2D eigenvalue weighted by molar-refractivity contribution is 5.84. The maximum atomic E-state index is 13.4. The first-order valence-corrected chi connectivity index (χ1v) is 15.3. The van der Waals surface area contributed by atoms with Gasteiger partial charge in [0.2, 0.25) is 12.7 Å². The lowest BCUT2D eigenvalue weighted by atomic mass is 9.87. The first-order valence-electron chi connectivity index (χ1n) is 15.3. The Balaban J connectivity index is 1.36. The van der Waals surface area contributed by atoms with Crippen LogP contribution < -0.4 is 19.8 Å². The summed E-state index contributed by atoms with van der Waals surface area (Å²) in [5, 5.41) is 6.27. The van der Waals surface area contributed by atoms with Crippen molar-refractivity contribution in [1.82, 2.24) is 19.8 Å². The standard InChI is InChI=1S/C35H46N6O2/c1-28(2)34(5,32(42)36-24-30-14-9-7-10-15-30)40-22-20-38(26-40)18-13-19-39-21-23-41(27-39)35(6,29(3)4)33(43)37-25-31-16-11-8-12-17-31/h7-12,14-17,20-23,26-29H,13,18-19,24-25H2,1-6H3/p+2/t34-,35-/m0/s1. The van der Waals surface area contributed by atoms with Crippen LogP contribution in [0.4, 0.5) is 0 Å². The van der Waals surface area contributed by atoms with Crippen LogP contribution in [0.2, 0.25) is 0 Å². The number of aromatic nitrogens is 4. The van der Waals surface area contributed by atoms with Crippen molar-refractivity contribution in [2.24, 2.45) is 11.8 Å². The highest BCUT2D eigenvalue weighted by Crippen LogP contribution is 2.27. The number of nitrogens with zero attached hydrogens (tertiary/aromatic N) is 4. The van der Waals surface area contributed by atoms with Crippen molar-refractivity contribution in [2.45, 2.75) is 85.2 Å². The van der Waals surface area contributed by atoms with Gasteiger partial charge in [-0.25, -0.2) is 18.3 Å². The van der Waals surface area contributed by atoms with Crippen molar-refractivity contribution >= 4 is 11.8 Å². The molecule has 4 aromatic rings. The Morgan fingerprint density at radius 3 is 1.40 bits per heavy atom. The van der Waals surface area contributed by atoms with E-state index < -0.39 is 11.1 Å². The fraction of sp³-hybridized carbons (Fsp3) is 0.429. The summed E-state index contributed by atoms with van der Waals surface area (Å²) < 4.78 is 8.34. The molecule has 0 unspecified atom stereocenters. The Morgan fingerprint density at radius 2 is 1.05 bits per heavy atom. The molecule has 2 atom stereocenters. The number of rotatable bonds is 14. The molecule has 8 nitrogen and oxygen atoms in total. The van der Waals surface area contributed by atoms with Crippen molar-refractivity contribution in [1.29, 1.82) is 0 Å². The quantitative estimate of drug-likeness (QED) is 0.217. The van der Waals surface area contributed by atoms with Crippen LogP contribution in [0.5, 0.6) is 0 Å². The van der Waals surface area contributed by atoms with Crippen molar-refractivity contribution in [3.05, 3.63) is 109 Å². The fourth-order valence-electron chi connectivity index (χ4n) is 5.31. The molecule has 2 heterocycles. The van der Waals surface area contributed by atoms with Gasteiger partial charge in [0, 0.05) is 31.3 Å². The van der Waals surface area contributed by atoms with Crippen LogP contribution >= 0.6 is 0 Å². The molecule has 0 radical (unpaired) electrons. The lowest BCUT2D eigenvalue weighted by Gasteiger charge is -2.29. The molecule has 0 bridgehead atoms. The summed E-state index contributed by atoms with van der Waals surface area (Å²) >= 11 is 0. The highest BCUT2D eigenvalue weighted by atomic mass is 16.2. The van der Waals surface area contributed by atoms with Crippen molar-refractivity contribution < 1.29 is 18.7 Å². The lowest BCUT2D eigenvalue weighted by Crippen LogP contribution is -2.50. The highest BCUT2D eigenvalue weighted by Gasteiger charge is 2.44. The predicted molar refractivity (Wildman–Crippen MR) is 167 cm³/mol. The predicted octanol–water partition coefficient (Wildman–Crippen LogP) is 4.33. The number of amides is 2. The summed E-state index contributed by atoms with van der Waals surface area (Å²) in [6, 6.07) is 20.0. The second kappa shape index (κ2) is 13.8. The number of carbonyl (C=O) groups is 2. The minimum Gasteiger partial charge on any atom is -0.348 e. The molecule has 0 saturated heterocycles. The minimum atomic E-state index is -0.714. The molecule has 0 fully saturated rings. The molecule has 0 spiro atoms. The molecule has 4 rings (SSSR count). The number of imidazole rings is 2. The van der Waals surface area contributed by atoms with Crippen molar-refractivity contribution in [2.75, 3.05) is 0 Å². The molecular formula is C35H48N6O2+2. The van der Waals surface area contributed by atoms with Gasteiger partial charge in [0.1, 0.15) is 24.8 Å². The van der Waals surface area contributed by atoms with Gasteiger partial charge in [-0.1, -0.05) is 88.4 Å². The van der Waals surface area contributed by atoms with Crippen LogP contribution in [-0.2, 0) is 46.8 Å². The molecule has 8 heteroatoms. The summed E-state index contributed by atoms with van der Waals surface area (Å²) in [5.74, 6) is 0.207. The van der Waals surface area contributed by atoms with Crippen LogP contribution in [0.15, 0.2) is 98.1 Å². The van der Waals surface area contributed by atoms with Gasteiger partial charge in [0.05, 0.1) is 13.1 Å². The average molecular weight is 585 g/mol. The lowest BCUT2D eigenvalue weighted by molar-refractivity contribution is -0.726. The van der Waals surface area contributed by atoms with Crippen molar-refractivity contribution in [3.8, 4) is 0 Å². The largest absolute Gasteiger partial charge is 0.348 e. The summed E-state index contributed by atoms with van der Waals surface area (Å²) in [7, 11) is 0. The fourth-order valence-corrected chi connectivity index (χ4v) is 5.31. The molecule has 43 heavy (non-hydrogen) atoms. The number of aryl methyl sites for hydroxylation is 2. The van der Waals surface area contributed by atoms with E-state index in [0.29, 0.717) is 13.1 Å². The normalized spacial score (nSPS) is 14.3. The van der Waals surface area contributed by atoms with Gasteiger partial charge in [-0.15, -0.1) is 0 Å². The van der Waals surface area contributed by atoms with Gasteiger partial charge in [0.25, 0.3) is 11.8 Å². The topological polar surface area (TPSA) is 75.8 Å². The first kappa shape index (κ1) is 31.7. The SMILES string of the molecule is CC(C)[C@@](C)(C(=O)NCc1ccccc1)n1cc[n+](CCC[n+]2ccn([C@](C)(C(=O)NCc3ccccc3)C(C)C)c2)c1. The maximum absolute atomic E-state index is 13.4. The van der Waals surface area contributed by atoms with Gasteiger partial charge in [-0.2, -0.15) is 0 Å². The van der Waals surface area contributed by atoms with Gasteiger partial charge >= 0.3 is 0 Å². The molecule has 0 aliphatic rings. The van der Waals surface area contributed by atoms with E-state index in [1.165, 1.54) is 0 Å².